The number of rotatable bonds is 7. The minimum atomic E-state index is 0.0351. The number of carbonyl (C=O) groups excluding carboxylic acids is 1. The molecular formula is C22H29ClN4O2. The second kappa shape index (κ2) is 9.94. The van der Waals surface area contributed by atoms with Crippen LogP contribution in [0.2, 0.25) is 5.02 Å². The van der Waals surface area contributed by atoms with Gasteiger partial charge in [0.15, 0.2) is 0 Å². The number of aromatic nitrogens is 1. The Hall–Kier alpha value is -2.31. The van der Waals surface area contributed by atoms with E-state index in [0.29, 0.717) is 24.8 Å². The molecule has 0 bridgehead atoms. The van der Waals surface area contributed by atoms with Crippen LogP contribution in [0.1, 0.15) is 29.3 Å². The van der Waals surface area contributed by atoms with E-state index in [0.717, 1.165) is 42.1 Å². The molecule has 1 amide bonds. The molecule has 0 spiro atoms. The van der Waals surface area contributed by atoms with E-state index >= 15 is 0 Å². The number of benzene rings is 1. The van der Waals surface area contributed by atoms with Gasteiger partial charge in [-0.2, -0.15) is 0 Å². The van der Waals surface area contributed by atoms with Crippen LogP contribution in [0.4, 0.5) is 11.5 Å². The first-order valence-corrected chi connectivity index (χ1v) is 10.4. The molecule has 3 rings (SSSR count). The molecule has 1 aromatic heterocycles. The molecule has 2 heterocycles. The highest BCUT2D eigenvalue weighted by Gasteiger charge is 2.25. The SMILES string of the molecule is CC[C@@H](CNc1ccc(Cl)cn1)N(C)C(=O)c1cc(C)ccc1N1CCOCC1. The van der Waals surface area contributed by atoms with Crippen molar-refractivity contribution in [3.8, 4) is 0 Å². The third-order valence-electron chi connectivity index (χ3n) is 5.32. The van der Waals surface area contributed by atoms with Gasteiger partial charge in [-0.15, -0.1) is 0 Å². The third kappa shape index (κ3) is 5.40. The molecule has 2 aromatic rings. The van der Waals surface area contributed by atoms with Crippen molar-refractivity contribution in [2.24, 2.45) is 0 Å². The number of ether oxygens (including phenoxy) is 1. The largest absolute Gasteiger partial charge is 0.378 e. The molecule has 1 aliphatic rings. The quantitative estimate of drug-likeness (QED) is 0.743. The summed E-state index contributed by atoms with van der Waals surface area (Å²) in [5, 5.41) is 3.91. The summed E-state index contributed by atoms with van der Waals surface area (Å²) >= 11 is 5.90. The lowest BCUT2D eigenvalue weighted by Crippen LogP contribution is -2.42. The maximum absolute atomic E-state index is 13.4. The Morgan fingerprint density at radius 3 is 2.72 bits per heavy atom. The zero-order valence-corrected chi connectivity index (χ0v) is 18.1. The monoisotopic (exact) mass is 416 g/mol. The number of morpholine rings is 1. The van der Waals surface area contributed by atoms with Gasteiger partial charge in [-0.1, -0.05) is 30.2 Å². The molecule has 1 atom stereocenters. The second-order valence-corrected chi connectivity index (χ2v) is 7.78. The molecule has 1 fully saturated rings. The summed E-state index contributed by atoms with van der Waals surface area (Å²) in [4.78, 5) is 21.8. The van der Waals surface area contributed by atoms with E-state index in [1.54, 1.807) is 12.3 Å². The molecule has 29 heavy (non-hydrogen) atoms. The number of nitrogens with zero attached hydrogens (tertiary/aromatic N) is 3. The highest BCUT2D eigenvalue weighted by atomic mass is 35.5. The van der Waals surface area contributed by atoms with Gasteiger partial charge in [0.25, 0.3) is 5.91 Å². The molecule has 0 radical (unpaired) electrons. The molecule has 0 saturated carbocycles. The Morgan fingerprint density at radius 1 is 1.31 bits per heavy atom. The summed E-state index contributed by atoms with van der Waals surface area (Å²) < 4.78 is 5.47. The molecule has 6 nitrogen and oxygen atoms in total. The van der Waals surface area contributed by atoms with E-state index in [1.807, 2.05) is 31.0 Å². The van der Waals surface area contributed by atoms with Gasteiger partial charge in [0.2, 0.25) is 0 Å². The predicted octanol–water partition coefficient (Wildman–Crippen LogP) is 3.84. The van der Waals surface area contributed by atoms with Gasteiger partial charge in [-0.05, 0) is 37.6 Å². The van der Waals surface area contributed by atoms with Crippen LogP contribution in [0.25, 0.3) is 0 Å². The van der Waals surface area contributed by atoms with Crippen molar-refractivity contribution in [1.82, 2.24) is 9.88 Å². The Bertz CT molecular complexity index is 822. The van der Waals surface area contributed by atoms with E-state index in [4.69, 9.17) is 16.3 Å². The van der Waals surface area contributed by atoms with Crippen LogP contribution < -0.4 is 10.2 Å². The smallest absolute Gasteiger partial charge is 0.256 e. The summed E-state index contributed by atoms with van der Waals surface area (Å²) in [6, 6.07) is 9.79. The molecule has 156 valence electrons. The zero-order chi connectivity index (χ0) is 20.8. The number of nitrogens with one attached hydrogen (secondary N) is 1. The van der Waals surface area contributed by atoms with Crippen LogP contribution in [0.5, 0.6) is 0 Å². The van der Waals surface area contributed by atoms with Crippen LogP contribution >= 0.6 is 11.6 Å². The molecule has 1 aromatic carbocycles. The van der Waals surface area contributed by atoms with Crippen molar-refractivity contribution in [3.05, 3.63) is 52.7 Å². The fourth-order valence-electron chi connectivity index (χ4n) is 3.51. The van der Waals surface area contributed by atoms with Gasteiger partial charge in [-0.3, -0.25) is 4.79 Å². The lowest BCUT2D eigenvalue weighted by molar-refractivity contribution is 0.0735. The van der Waals surface area contributed by atoms with E-state index in [2.05, 4.69) is 34.3 Å². The third-order valence-corrected chi connectivity index (χ3v) is 5.54. The molecule has 1 aliphatic heterocycles. The van der Waals surface area contributed by atoms with Crippen molar-refractivity contribution in [1.29, 1.82) is 0 Å². The van der Waals surface area contributed by atoms with Gasteiger partial charge in [0, 0.05) is 44.6 Å². The van der Waals surface area contributed by atoms with Gasteiger partial charge >= 0.3 is 0 Å². The van der Waals surface area contributed by atoms with Crippen molar-refractivity contribution in [3.63, 3.8) is 0 Å². The predicted molar refractivity (Wildman–Crippen MR) is 118 cm³/mol. The molecule has 1 N–H and O–H groups in total. The Balaban J connectivity index is 1.75. The topological polar surface area (TPSA) is 57.7 Å². The van der Waals surface area contributed by atoms with Crippen LogP contribution in [0.15, 0.2) is 36.5 Å². The maximum atomic E-state index is 13.4. The van der Waals surface area contributed by atoms with Crippen molar-refractivity contribution >= 4 is 29.0 Å². The first kappa shape index (κ1) is 21.4. The first-order valence-electron chi connectivity index (χ1n) is 10.1. The Kier molecular flexibility index (Phi) is 7.34. The van der Waals surface area contributed by atoms with Crippen LogP contribution in [-0.2, 0) is 4.74 Å². The lowest BCUT2D eigenvalue weighted by atomic mass is 10.0. The Labute approximate surface area is 177 Å². The molecular weight excluding hydrogens is 388 g/mol. The minimum Gasteiger partial charge on any atom is -0.378 e. The van der Waals surface area contributed by atoms with E-state index in [1.165, 1.54) is 0 Å². The maximum Gasteiger partial charge on any atom is 0.256 e. The fraction of sp³-hybridized carbons (Fsp3) is 0.455. The summed E-state index contributed by atoms with van der Waals surface area (Å²) in [6.45, 7) is 7.70. The first-order chi connectivity index (χ1) is 14.0. The number of hydrogen-bond donors (Lipinski definition) is 1. The highest BCUT2D eigenvalue weighted by molar-refractivity contribution is 6.30. The van der Waals surface area contributed by atoms with E-state index in [9.17, 15) is 4.79 Å². The van der Waals surface area contributed by atoms with Crippen LogP contribution in [0, 0.1) is 6.92 Å². The number of likely N-dealkylation sites (N-methyl/N-ethyl adjacent to an activating group) is 1. The average Bonchev–Trinajstić information content (AvgIpc) is 2.75. The minimum absolute atomic E-state index is 0.0351. The molecule has 7 heteroatoms. The molecule has 1 saturated heterocycles. The summed E-state index contributed by atoms with van der Waals surface area (Å²) in [7, 11) is 1.87. The number of hydrogen-bond acceptors (Lipinski definition) is 5. The number of halogens is 1. The van der Waals surface area contributed by atoms with Gasteiger partial charge in [0.05, 0.1) is 23.8 Å². The fourth-order valence-corrected chi connectivity index (χ4v) is 3.63. The summed E-state index contributed by atoms with van der Waals surface area (Å²) in [6.07, 6.45) is 2.45. The number of pyridine rings is 1. The molecule has 0 unspecified atom stereocenters. The highest BCUT2D eigenvalue weighted by Crippen LogP contribution is 2.25. The number of anilines is 2. The number of amides is 1. The summed E-state index contributed by atoms with van der Waals surface area (Å²) in [5.41, 5.74) is 2.81. The van der Waals surface area contributed by atoms with Gasteiger partial charge in [-0.25, -0.2) is 4.98 Å². The zero-order valence-electron chi connectivity index (χ0n) is 17.3. The average molecular weight is 417 g/mol. The van der Waals surface area contributed by atoms with Gasteiger partial charge in [0.1, 0.15) is 5.82 Å². The van der Waals surface area contributed by atoms with E-state index in [-0.39, 0.29) is 11.9 Å². The second-order valence-electron chi connectivity index (χ2n) is 7.34. The van der Waals surface area contributed by atoms with Crippen molar-refractivity contribution in [2.75, 3.05) is 50.1 Å². The van der Waals surface area contributed by atoms with Crippen LogP contribution in [0.3, 0.4) is 0 Å². The standard InChI is InChI=1S/C22H29ClN4O2/c1-4-18(15-25-21-8-6-17(23)14-24-21)26(3)22(28)19-13-16(2)5-7-20(19)27-9-11-29-12-10-27/h5-8,13-14,18H,4,9-12,15H2,1-3H3,(H,24,25)/t18-/m0/s1. The number of carbonyl (C=O) groups is 1. The van der Waals surface area contributed by atoms with Crippen LogP contribution in [-0.4, -0.2) is 61.7 Å². The summed E-state index contributed by atoms with van der Waals surface area (Å²) in [5.74, 6) is 0.783. The number of aryl methyl sites for hydroxylation is 1. The normalized spacial score (nSPS) is 15.1. The lowest BCUT2D eigenvalue weighted by Gasteiger charge is -2.33. The van der Waals surface area contributed by atoms with Crippen molar-refractivity contribution < 1.29 is 9.53 Å². The van der Waals surface area contributed by atoms with Gasteiger partial charge < -0.3 is 19.9 Å². The van der Waals surface area contributed by atoms with Crippen molar-refractivity contribution in [2.45, 2.75) is 26.3 Å². The Morgan fingerprint density at radius 2 is 2.07 bits per heavy atom. The van der Waals surface area contributed by atoms with E-state index < -0.39 is 0 Å². The molecule has 0 aliphatic carbocycles.